The molecule has 0 fully saturated rings. The third-order valence-corrected chi connectivity index (χ3v) is 4.72. The molecule has 0 saturated heterocycles. The van der Waals surface area contributed by atoms with Gasteiger partial charge in [-0.3, -0.25) is 19.2 Å². The highest BCUT2D eigenvalue weighted by Gasteiger charge is 2.35. The molecule has 8 heteroatoms. The maximum Gasteiger partial charge on any atom is 0.327 e. The summed E-state index contributed by atoms with van der Waals surface area (Å²) in [5.74, 6) is -1.38. The zero-order chi connectivity index (χ0) is 22.2. The molecule has 1 heterocycles. The molecule has 0 aromatic heterocycles. The van der Waals surface area contributed by atoms with Crippen LogP contribution >= 0.6 is 0 Å². The summed E-state index contributed by atoms with van der Waals surface area (Å²) in [6.45, 7) is 1.88. The van der Waals surface area contributed by atoms with Gasteiger partial charge in [0.05, 0.1) is 24.2 Å². The molecule has 0 aliphatic carbocycles. The van der Waals surface area contributed by atoms with E-state index in [9.17, 15) is 19.2 Å². The van der Waals surface area contributed by atoms with E-state index >= 15 is 0 Å². The predicted octanol–water partition coefficient (Wildman–Crippen LogP) is 2.32. The molecule has 0 spiro atoms. The van der Waals surface area contributed by atoms with Gasteiger partial charge in [-0.2, -0.15) is 0 Å². The first kappa shape index (κ1) is 22.0. The van der Waals surface area contributed by atoms with Crippen molar-refractivity contribution < 1.29 is 28.7 Å². The number of fused-ring (bicyclic) bond motifs is 1. The molecule has 0 bridgehead atoms. The van der Waals surface area contributed by atoms with Gasteiger partial charge >= 0.3 is 5.97 Å². The van der Waals surface area contributed by atoms with E-state index in [2.05, 4.69) is 12.2 Å². The lowest BCUT2D eigenvalue weighted by molar-refractivity contribution is -0.146. The number of rotatable bonds is 10. The van der Waals surface area contributed by atoms with Gasteiger partial charge in [-0.1, -0.05) is 37.6 Å². The number of unbranched alkanes of at least 4 members (excludes halogenated alkanes) is 1. The van der Waals surface area contributed by atoms with Crippen molar-refractivity contribution in [2.45, 2.75) is 26.2 Å². The van der Waals surface area contributed by atoms with Crippen molar-refractivity contribution in [3.8, 4) is 5.75 Å². The van der Waals surface area contributed by atoms with Crippen LogP contribution in [0.5, 0.6) is 5.75 Å². The highest BCUT2D eigenvalue weighted by atomic mass is 16.5. The Morgan fingerprint density at radius 3 is 2.23 bits per heavy atom. The Hall–Kier alpha value is -3.68. The van der Waals surface area contributed by atoms with Crippen molar-refractivity contribution in [2.75, 3.05) is 19.9 Å². The lowest BCUT2D eigenvalue weighted by Gasteiger charge is -2.14. The minimum Gasteiger partial charge on any atom is -0.494 e. The average molecular weight is 424 g/mol. The Labute approximate surface area is 180 Å². The second-order valence-electron chi connectivity index (χ2n) is 7.03. The molecule has 3 rings (SSSR count). The van der Waals surface area contributed by atoms with Gasteiger partial charge in [0.25, 0.3) is 11.8 Å². The van der Waals surface area contributed by atoms with Crippen LogP contribution in [-0.2, 0) is 20.7 Å². The maximum absolute atomic E-state index is 12.2. The first-order valence-electron chi connectivity index (χ1n) is 10.1. The predicted molar refractivity (Wildman–Crippen MR) is 111 cm³/mol. The molecule has 2 aromatic carbocycles. The van der Waals surface area contributed by atoms with Crippen LogP contribution in [0.2, 0.25) is 0 Å². The number of nitrogens with one attached hydrogen (secondary N) is 1. The summed E-state index contributed by atoms with van der Waals surface area (Å²) in [4.78, 5) is 49.3. The quantitative estimate of drug-likeness (QED) is 0.357. The zero-order valence-corrected chi connectivity index (χ0v) is 17.3. The molecule has 0 radical (unpaired) electrons. The van der Waals surface area contributed by atoms with Gasteiger partial charge in [-0.05, 0) is 36.2 Å². The lowest BCUT2D eigenvalue weighted by Crippen LogP contribution is -2.36. The molecule has 31 heavy (non-hydrogen) atoms. The van der Waals surface area contributed by atoms with Crippen molar-refractivity contribution in [2.24, 2.45) is 0 Å². The number of amides is 3. The number of ether oxygens (including phenoxy) is 2. The molecule has 162 valence electrons. The fourth-order valence-electron chi connectivity index (χ4n) is 3.00. The highest BCUT2D eigenvalue weighted by molar-refractivity contribution is 6.21. The van der Waals surface area contributed by atoms with Crippen molar-refractivity contribution in [1.82, 2.24) is 10.2 Å². The minimum absolute atomic E-state index is 0.0981. The van der Waals surface area contributed by atoms with Crippen LogP contribution in [0, 0.1) is 0 Å². The molecule has 8 nitrogen and oxygen atoms in total. The van der Waals surface area contributed by atoms with E-state index < -0.39 is 24.5 Å². The van der Waals surface area contributed by atoms with Crippen molar-refractivity contribution in [1.29, 1.82) is 0 Å². The molecule has 0 saturated carbocycles. The number of hydrogen-bond acceptors (Lipinski definition) is 6. The molecule has 0 atom stereocenters. The highest BCUT2D eigenvalue weighted by Crippen LogP contribution is 2.22. The van der Waals surface area contributed by atoms with Gasteiger partial charge in [0, 0.05) is 0 Å². The van der Waals surface area contributed by atoms with E-state index in [0.29, 0.717) is 6.61 Å². The van der Waals surface area contributed by atoms with Crippen LogP contribution in [0.3, 0.4) is 0 Å². The number of hydrogen-bond donors (Lipinski definition) is 1. The molecule has 2 aromatic rings. The minimum atomic E-state index is -0.746. The molecule has 0 unspecified atom stereocenters. The Bertz CT molecular complexity index is 935. The monoisotopic (exact) mass is 424 g/mol. The van der Waals surface area contributed by atoms with E-state index in [-0.39, 0.29) is 30.0 Å². The van der Waals surface area contributed by atoms with Crippen molar-refractivity contribution in [3.05, 3.63) is 65.2 Å². The number of imide groups is 1. The molecule has 3 amide bonds. The summed E-state index contributed by atoms with van der Waals surface area (Å²) < 4.78 is 10.6. The summed E-state index contributed by atoms with van der Waals surface area (Å²) in [5.41, 5.74) is 1.33. The number of carbonyl (C=O) groups is 4. The largest absolute Gasteiger partial charge is 0.494 e. The second-order valence-corrected chi connectivity index (χ2v) is 7.03. The summed E-state index contributed by atoms with van der Waals surface area (Å²) in [6, 6.07) is 13.6. The van der Waals surface area contributed by atoms with Crippen LogP contribution in [0.4, 0.5) is 0 Å². The van der Waals surface area contributed by atoms with Gasteiger partial charge in [0.15, 0.2) is 6.73 Å². The van der Waals surface area contributed by atoms with Crippen LogP contribution < -0.4 is 10.1 Å². The Balaban J connectivity index is 1.39. The van der Waals surface area contributed by atoms with Gasteiger partial charge in [0.1, 0.15) is 12.3 Å². The first-order valence-corrected chi connectivity index (χ1v) is 10.1. The molecule has 1 aliphatic rings. The summed E-state index contributed by atoms with van der Waals surface area (Å²) in [7, 11) is 0. The van der Waals surface area contributed by atoms with E-state index in [1.165, 1.54) is 0 Å². The SMILES string of the molecule is CCCCOc1ccc(CC(=O)NCC(=O)OCN2C(=O)c3ccccc3C2=O)cc1. The molecular weight excluding hydrogens is 400 g/mol. The summed E-state index contributed by atoms with van der Waals surface area (Å²) >= 11 is 0. The Morgan fingerprint density at radius 1 is 0.968 bits per heavy atom. The molecule has 1 N–H and O–H groups in total. The number of esters is 1. The first-order chi connectivity index (χ1) is 15.0. The fraction of sp³-hybridized carbons (Fsp3) is 0.304. The fourth-order valence-corrected chi connectivity index (χ4v) is 3.00. The maximum atomic E-state index is 12.2. The number of carbonyl (C=O) groups excluding carboxylic acids is 4. The van der Waals surface area contributed by atoms with Crippen LogP contribution in [0.25, 0.3) is 0 Å². The van der Waals surface area contributed by atoms with E-state index in [0.717, 1.165) is 29.1 Å². The van der Waals surface area contributed by atoms with Gasteiger partial charge in [0.2, 0.25) is 5.91 Å². The standard InChI is InChI=1S/C23H24N2O6/c1-2-3-12-30-17-10-8-16(9-11-17)13-20(26)24-14-21(27)31-15-25-22(28)18-6-4-5-7-19(18)23(25)29/h4-11H,2-3,12-15H2,1H3,(H,24,26). The van der Waals surface area contributed by atoms with Crippen LogP contribution in [0.1, 0.15) is 46.0 Å². The van der Waals surface area contributed by atoms with E-state index in [1.807, 2.05) is 0 Å². The number of benzene rings is 2. The third-order valence-electron chi connectivity index (χ3n) is 4.72. The van der Waals surface area contributed by atoms with E-state index in [1.54, 1.807) is 48.5 Å². The molecular formula is C23H24N2O6. The number of nitrogens with zero attached hydrogens (tertiary/aromatic N) is 1. The van der Waals surface area contributed by atoms with Crippen molar-refractivity contribution in [3.63, 3.8) is 0 Å². The second kappa shape index (κ2) is 10.4. The van der Waals surface area contributed by atoms with Gasteiger partial charge in [-0.25, -0.2) is 4.90 Å². The van der Waals surface area contributed by atoms with Gasteiger partial charge in [-0.15, -0.1) is 0 Å². The molecule has 1 aliphatic heterocycles. The third kappa shape index (κ3) is 5.69. The lowest BCUT2D eigenvalue weighted by atomic mass is 10.1. The van der Waals surface area contributed by atoms with E-state index in [4.69, 9.17) is 9.47 Å². The van der Waals surface area contributed by atoms with Crippen LogP contribution in [0.15, 0.2) is 48.5 Å². The zero-order valence-electron chi connectivity index (χ0n) is 17.3. The Kier molecular flexibility index (Phi) is 7.37. The topological polar surface area (TPSA) is 102 Å². The Morgan fingerprint density at radius 2 is 1.61 bits per heavy atom. The smallest absolute Gasteiger partial charge is 0.327 e. The van der Waals surface area contributed by atoms with Crippen molar-refractivity contribution >= 4 is 23.7 Å². The summed E-state index contributed by atoms with van der Waals surface area (Å²) in [6.07, 6.45) is 2.13. The summed E-state index contributed by atoms with van der Waals surface area (Å²) in [5, 5.41) is 2.47. The van der Waals surface area contributed by atoms with Gasteiger partial charge < -0.3 is 14.8 Å². The van der Waals surface area contributed by atoms with Crippen LogP contribution in [-0.4, -0.2) is 48.5 Å². The average Bonchev–Trinajstić information content (AvgIpc) is 3.02. The normalized spacial score (nSPS) is 12.5.